The first-order valence-corrected chi connectivity index (χ1v) is 8.22. The van der Waals surface area contributed by atoms with Gasteiger partial charge in [-0.1, -0.05) is 23.4 Å². The molecule has 8 nitrogen and oxygen atoms in total. The summed E-state index contributed by atoms with van der Waals surface area (Å²) in [6, 6.07) is 12.5. The fraction of sp³-hybridized carbons (Fsp3) is 0.105. The molecule has 3 aromatic heterocycles. The van der Waals surface area contributed by atoms with Crippen LogP contribution in [0.1, 0.15) is 16.2 Å². The number of aromatic nitrogens is 4. The molecule has 0 atom stereocenters. The highest BCUT2D eigenvalue weighted by atomic mass is 16.5. The van der Waals surface area contributed by atoms with E-state index >= 15 is 0 Å². The summed E-state index contributed by atoms with van der Waals surface area (Å²) < 4.78 is 5.33. The standard InChI is InChI=1S/C19H15N5O3/c1-24(11-13-10-16(23-27-13)12-6-8-20-9-7-12)18(25)17-14-4-2-3-5-15(14)21-19(26)22-17/h2-10H,11H2,1H3,(H,21,22,26). The first-order chi connectivity index (χ1) is 13.1. The summed E-state index contributed by atoms with van der Waals surface area (Å²) in [5.74, 6) is 0.144. The molecular weight excluding hydrogens is 346 g/mol. The number of H-pyrrole nitrogens is 1. The molecule has 0 saturated heterocycles. The zero-order valence-electron chi connectivity index (χ0n) is 14.4. The Bertz CT molecular complexity index is 1170. The lowest BCUT2D eigenvalue weighted by atomic mass is 10.1. The number of amides is 1. The van der Waals surface area contributed by atoms with Crippen molar-refractivity contribution in [2.24, 2.45) is 0 Å². The largest absolute Gasteiger partial charge is 0.359 e. The predicted molar refractivity (Wildman–Crippen MR) is 97.9 cm³/mol. The molecule has 4 rings (SSSR count). The average molecular weight is 361 g/mol. The van der Waals surface area contributed by atoms with Gasteiger partial charge in [-0.15, -0.1) is 0 Å². The van der Waals surface area contributed by atoms with Crippen molar-refractivity contribution in [2.75, 3.05) is 7.05 Å². The summed E-state index contributed by atoms with van der Waals surface area (Å²) >= 11 is 0. The van der Waals surface area contributed by atoms with Crippen LogP contribution in [0.3, 0.4) is 0 Å². The number of fused-ring (bicyclic) bond motifs is 1. The Labute approximate surface area is 153 Å². The van der Waals surface area contributed by atoms with Crippen molar-refractivity contribution in [3.63, 3.8) is 0 Å². The average Bonchev–Trinajstić information content (AvgIpc) is 3.16. The van der Waals surface area contributed by atoms with Gasteiger partial charge < -0.3 is 14.4 Å². The van der Waals surface area contributed by atoms with Gasteiger partial charge in [-0.3, -0.25) is 9.78 Å². The third-order valence-electron chi connectivity index (χ3n) is 4.11. The number of carbonyl (C=O) groups excluding carboxylic acids is 1. The minimum Gasteiger partial charge on any atom is -0.359 e. The molecule has 3 heterocycles. The van der Waals surface area contributed by atoms with Crippen molar-refractivity contribution in [2.45, 2.75) is 6.54 Å². The summed E-state index contributed by atoms with van der Waals surface area (Å²) in [6.45, 7) is 0.194. The SMILES string of the molecule is CN(Cc1cc(-c2ccncc2)no1)C(=O)c1nc(=O)[nH]c2ccccc12. The lowest BCUT2D eigenvalue weighted by Crippen LogP contribution is -2.29. The molecule has 1 aromatic carbocycles. The molecule has 0 aliphatic heterocycles. The lowest BCUT2D eigenvalue weighted by Gasteiger charge is -2.15. The molecule has 0 spiro atoms. The van der Waals surface area contributed by atoms with E-state index in [2.05, 4.69) is 20.1 Å². The van der Waals surface area contributed by atoms with Crippen molar-refractivity contribution in [3.8, 4) is 11.3 Å². The predicted octanol–water partition coefficient (Wildman–Crippen LogP) is 2.25. The second-order valence-corrected chi connectivity index (χ2v) is 6.01. The topological polar surface area (TPSA) is 105 Å². The van der Waals surface area contributed by atoms with Crippen LogP contribution in [0.5, 0.6) is 0 Å². The summed E-state index contributed by atoms with van der Waals surface area (Å²) in [5.41, 5.74) is 1.63. The maximum absolute atomic E-state index is 12.8. The number of rotatable bonds is 4. The maximum atomic E-state index is 12.8. The molecule has 0 saturated carbocycles. The molecule has 27 heavy (non-hydrogen) atoms. The van der Waals surface area contributed by atoms with E-state index in [1.165, 1.54) is 4.90 Å². The van der Waals surface area contributed by atoms with Crippen LogP contribution in [0.15, 0.2) is 64.2 Å². The summed E-state index contributed by atoms with van der Waals surface area (Å²) in [4.78, 5) is 36.5. The van der Waals surface area contributed by atoms with Gasteiger partial charge in [0.05, 0.1) is 12.1 Å². The Morgan fingerprint density at radius 2 is 1.96 bits per heavy atom. The molecule has 0 aliphatic carbocycles. The van der Waals surface area contributed by atoms with Crippen LogP contribution in [0, 0.1) is 0 Å². The van der Waals surface area contributed by atoms with Crippen LogP contribution >= 0.6 is 0 Å². The van der Waals surface area contributed by atoms with Gasteiger partial charge in [0.1, 0.15) is 11.4 Å². The second kappa shape index (κ2) is 6.83. The number of hydrogen-bond donors (Lipinski definition) is 1. The molecule has 0 radical (unpaired) electrons. The second-order valence-electron chi connectivity index (χ2n) is 6.01. The van der Waals surface area contributed by atoms with E-state index in [0.717, 1.165) is 5.56 Å². The van der Waals surface area contributed by atoms with E-state index in [1.54, 1.807) is 49.8 Å². The number of nitrogens with zero attached hydrogens (tertiary/aromatic N) is 4. The third-order valence-corrected chi connectivity index (χ3v) is 4.11. The number of nitrogens with one attached hydrogen (secondary N) is 1. The Hall–Kier alpha value is -3.81. The third kappa shape index (κ3) is 3.32. The van der Waals surface area contributed by atoms with Crippen molar-refractivity contribution < 1.29 is 9.32 Å². The molecular formula is C19H15N5O3. The van der Waals surface area contributed by atoms with E-state index in [0.29, 0.717) is 22.4 Å². The van der Waals surface area contributed by atoms with Crippen LogP contribution in [-0.4, -0.2) is 38.0 Å². The molecule has 1 amide bonds. The first-order valence-electron chi connectivity index (χ1n) is 8.22. The van der Waals surface area contributed by atoms with Crippen LogP contribution in [-0.2, 0) is 6.54 Å². The number of para-hydroxylation sites is 1. The highest BCUT2D eigenvalue weighted by molar-refractivity contribution is 6.03. The van der Waals surface area contributed by atoms with E-state index in [1.807, 2.05) is 12.1 Å². The summed E-state index contributed by atoms with van der Waals surface area (Å²) in [7, 11) is 1.62. The van der Waals surface area contributed by atoms with Crippen LogP contribution in [0.25, 0.3) is 22.2 Å². The maximum Gasteiger partial charge on any atom is 0.346 e. The molecule has 0 fully saturated rings. The summed E-state index contributed by atoms with van der Waals surface area (Å²) in [6.07, 6.45) is 3.34. The van der Waals surface area contributed by atoms with Crippen LogP contribution < -0.4 is 5.69 Å². The highest BCUT2D eigenvalue weighted by Crippen LogP contribution is 2.20. The zero-order valence-corrected chi connectivity index (χ0v) is 14.4. The minimum absolute atomic E-state index is 0.103. The minimum atomic E-state index is -0.565. The number of hydrogen-bond acceptors (Lipinski definition) is 6. The molecule has 0 unspecified atom stereocenters. The molecule has 0 bridgehead atoms. The molecule has 4 aromatic rings. The van der Waals surface area contributed by atoms with E-state index in [9.17, 15) is 9.59 Å². The smallest absolute Gasteiger partial charge is 0.346 e. The van der Waals surface area contributed by atoms with E-state index in [-0.39, 0.29) is 18.1 Å². The van der Waals surface area contributed by atoms with Gasteiger partial charge >= 0.3 is 5.69 Å². The quantitative estimate of drug-likeness (QED) is 0.598. The van der Waals surface area contributed by atoms with Crippen LogP contribution in [0.2, 0.25) is 0 Å². The number of carbonyl (C=O) groups is 1. The van der Waals surface area contributed by atoms with Gasteiger partial charge in [-0.2, -0.15) is 4.98 Å². The number of pyridine rings is 1. The monoisotopic (exact) mass is 361 g/mol. The normalized spacial score (nSPS) is 10.9. The molecule has 1 N–H and O–H groups in total. The van der Waals surface area contributed by atoms with Gasteiger partial charge in [0, 0.05) is 36.5 Å². The van der Waals surface area contributed by atoms with Gasteiger partial charge in [0.2, 0.25) is 0 Å². The van der Waals surface area contributed by atoms with E-state index < -0.39 is 5.69 Å². The summed E-state index contributed by atoms with van der Waals surface area (Å²) in [5, 5.41) is 4.61. The Morgan fingerprint density at radius 1 is 1.19 bits per heavy atom. The van der Waals surface area contributed by atoms with Crippen LogP contribution in [0.4, 0.5) is 0 Å². The van der Waals surface area contributed by atoms with E-state index in [4.69, 9.17) is 4.52 Å². The van der Waals surface area contributed by atoms with Crippen molar-refractivity contribution in [3.05, 3.63) is 76.8 Å². The van der Waals surface area contributed by atoms with Crippen molar-refractivity contribution in [1.82, 2.24) is 25.0 Å². The number of aromatic amines is 1. The van der Waals surface area contributed by atoms with Gasteiger partial charge in [-0.05, 0) is 18.2 Å². The highest BCUT2D eigenvalue weighted by Gasteiger charge is 2.19. The Kier molecular flexibility index (Phi) is 4.21. The van der Waals surface area contributed by atoms with Crippen molar-refractivity contribution >= 4 is 16.8 Å². The molecule has 8 heteroatoms. The Balaban J connectivity index is 1.59. The van der Waals surface area contributed by atoms with Gasteiger partial charge in [-0.25, -0.2) is 4.79 Å². The fourth-order valence-electron chi connectivity index (χ4n) is 2.80. The van der Waals surface area contributed by atoms with Crippen molar-refractivity contribution in [1.29, 1.82) is 0 Å². The lowest BCUT2D eigenvalue weighted by molar-refractivity contribution is 0.0768. The van der Waals surface area contributed by atoms with Gasteiger partial charge in [0.15, 0.2) is 5.76 Å². The number of benzene rings is 1. The molecule has 0 aliphatic rings. The van der Waals surface area contributed by atoms with Gasteiger partial charge in [0.25, 0.3) is 5.91 Å². The zero-order chi connectivity index (χ0) is 18.8. The Morgan fingerprint density at radius 3 is 2.78 bits per heavy atom. The fourth-order valence-corrected chi connectivity index (χ4v) is 2.80. The first kappa shape index (κ1) is 16.6. The molecule has 134 valence electrons.